The molecular weight excluding hydrogens is 414 g/mol. The minimum atomic E-state index is -0.419. The molecule has 0 radical (unpaired) electrons. The van der Waals surface area contributed by atoms with Gasteiger partial charge in [-0.1, -0.05) is 11.6 Å². The minimum absolute atomic E-state index is 0.0443. The molecule has 0 fully saturated rings. The topological polar surface area (TPSA) is 73.8 Å². The summed E-state index contributed by atoms with van der Waals surface area (Å²) in [5.41, 5.74) is 4.06. The van der Waals surface area contributed by atoms with E-state index >= 15 is 0 Å². The zero-order valence-corrected chi connectivity index (χ0v) is 17.7. The van der Waals surface area contributed by atoms with Crippen LogP contribution in [0, 0.1) is 19.3 Å². The van der Waals surface area contributed by atoms with E-state index in [4.69, 9.17) is 17.0 Å². The summed E-state index contributed by atoms with van der Waals surface area (Å²) < 4.78 is 2.85. The molecular formula is C19H16ClN5OS2. The number of carbonyl (C=O) groups excluding carboxylic acids is 1. The van der Waals surface area contributed by atoms with Gasteiger partial charge in [0.2, 0.25) is 5.17 Å². The van der Waals surface area contributed by atoms with Gasteiger partial charge < -0.3 is 4.57 Å². The Morgan fingerprint density at radius 1 is 1.25 bits per heavy atom. The SMILES string of the molecule is CSC1=NN2C(=N)/C(=C\c3cc(C)n(-c4ccc(Cl)cc4)c3C)C(=O)N=C2S1. The van der Waals surface area contributed by atoms with Crippen molar-refractivity contribution >= 4 is 62.5 Å². The Hall–Kier alpha value is -2.29. The van der Waals surface area contributed by atoms with Gasteiger partial charge in [0, 0.05) is 22.1 Å². The van der Waals surface area contributed by atoms with Gasteiger partial charge in [-0.2, -0.15) is 10.0 Å². The summed E-state index contributed by atoms with van der Waals surface area (Å²) in [5, 5.41) is 15.3. The number of nitrogens with zero attached hydrogens (tertiary/aromatic N) is 4. The molecule has 1 aromatic carbocycles. The van der Waals surface area contributed by atoms with Crippen molar-refractivity contribution in [1.82, 2.24) is 9.58 Å². The first-order valence-corrected chi connectivity index (χ1v) is 10.8. The number of nitrogens with one attached hydrogen (secondary N) is 1. The van der Waals surface area contributed by atoms with Crippen LogP contribution < -0.4 is 0 Å². The van der Waals surface area contributed by atoms with Crippen LogP contribution in [0.2, 0.25) is 5.02 Å². The normalized spacial score (nSPS) is 17.9. The molecule has 6 nitrogen and oxygen atoms in total. The highest BCUT2D eigenvalue weighted by Crippen LogP contribution is 2.32. The number of benzene rings is 1. The highest BCUT2D eigenvalue weighted by atomic mass is 35.5. The number of aromatic nitrogens is 1. The van der Waals surface area contributed by atoms with Gasteiger partial charge in [0.25, 0.3) is 5.91 Å². The number of fused-ring (bicyclic) bond motifs is 1. The third-order valence-corrected chi connectivity index (χ3v) is 6.60. The molecule has 1 amide bonds. The van der Waals surface area contributed by atoms with Crippen LogP contribution in [0.1, 0.15) is 17.0 Å². The predicted octanol–water partition coefficient (Wildman–Crippen LogP) is 4.69. The molecule has 0 bridgehead atoms. The molecule has 0 saturated heterocycles. The molecule has 0 atom stereocenters. The number of carbonyl (C=O) groups is 1. The lowest BCUT2D eigenvalue weighted by Crippen LogP contribution is -2.35. The van der Waals surface area contributed by atoms with Gasteiger partial charge in [-0.25, -0.2) is 0 Å². The average molecular weight is 430 g/mol. The fraction of sp³-hybridized carbons (Fsp3) is 0.158. The predicted molar refractivity (Wildman–Crippen MR) is 119 cm³/mol. The minimum Gasteiger partial charge on any atom is -0.318 e. The van der Waals surface area contributed by atoms with Gasteiger partial charge in [0.05, 0.1) is 5.57 Å². The van der Waals surface area contributed by atoms with Crippen molar-refractivity contribution in [3.05, 3.63) is 57.9 Å². The van der Waals surface area contributed by atoms with Crippen molar-refractivity contribution in [3.8, 4) is 5.69 Å². The van der Waals surface area contributed by atoms with Crippen LogP contribution in [0.4, 0.5) is 0 Å². The summed E-state index contributed by atoms with van der Waals surface area (Å²) in [6, 6.07) is 9.58. The van der Waals surface area contributed by atoms with Crippen molar-refractivity contribution < 1.29 is 4.79 Å². The molecule has 9 heteroatoms. The third kappa shape index (κ3) is 3.21. The van der Waals surface area contributed by atoms with E-state index in [1.54, 1.807) is 6.08 Å². The van der Waals surface area contributed by atoms with E-state index in [9.17, 15) is 4.79 Å². The number of thioether (sulfide) groups is 2. The van der Waals surface area contributed by atoms with E-state index in [0.29, 0.717) is 10.2 Å². The van der Waals surface area contributed by atoms with E-state index in [0.717, 1.165) is 27.0 Å². The standard InChI is InChI=1S/C19H16ClN5OS2/c1-10-8-12(11(2)24(10)14-6-4-13(20)5-7-14)9-15-16(21)25-18(22-17(15)26)28-19(23-25)27-3/h4-9,21H,1-3H3/b15-9+,21-16?. The van der Waals surface area contributed by atoms with E-state index < -0.39 is 5.91 Å². The zero-order valence-electron chi connectivity index (χ0n) is 15.4. The van der Waals surface area contributed by atoms with Crippen LogP contribution in [0.15, 0.2) is 46.0 Å². The summed E-state index contributed by atoms with van der Waals surface area (Å²) in [5.74, 6) is -0.375. The van der Waals surface area contributed by atoms with E-state index in [1.807, 2.05) is 50.4 Å². The molecule has 3 heterocycles. The number of hydrogen-bond acceptors (Lipinski definition) is 5. The van der Waals surface area contributed by atoms with Crippen LogP contribution in [0.25, 0.3) is 11.8 Å². The van der Waals surface area contributed by atoms with E-state index in [1.165, 1.54) is 28.5 Å². The number of hydrazone groups is 1. The summed E-state index contributed by atoms with van der Waals surface area (Å²) in [4.78, 5) is 16.6. The van der Waals surface area contributed by atoms with Crippen LogP contribution in [-0.2, 0) is 4.79 Å². The van der Waals surface area contributed by atoms with Gasteiger partial charge in [-0.15, -0.1) is 16.9 Å². The van der Waals surface area contributed by atoms with Gasteiger partial charge >= 0.3 is 0 Å². The lowest BCUT2D eigenvalue weighted by atomic mass is 10.1. The second-order valence-corrected chi connectivity index (χ2v) is 8.67. The van der Waals surface area contributed by atoms with Crippen molar-refractivity contribution in [2.45, 2.75) is 13.8 Å². The third-order valence-electron chi connectivity index (χ3n) is 4.47. The van der Waals surface area contributed by atoms with Gasteiger partial charge in [0.1, 0.15) is 0 Å². The van der Waals surface area contributed by atoms with Crippen molar-refractivity contribution in [2.24, 2.45) is 10.1 Å². The summed E-state index contributed by atoms with van der Waals surface area (Å²) >= 11 is 8.77. The highest BCUT2D eigenvalue weighted by Gasteiger charge is 2.35. The van der Waals surface area contributed by atoms with Crippen molar-refractivity contribution in [1.29, 1.82) is 5.41 Å². The molecule has 4 rings (SSSR count). The first-order chi connectivity index (χ1) is 13.4. The molecule has 0 unspecified atom stereocenters. The molecule has 1 aromatic heterocycles. The van der Waals surface area contributed by atoms with Crippen molar-refractivity contribution in [2.75, 3.05) is 6.26 Å². The number of rotatable bonds is 2. The first kappa shape index (κ1) is 19.0. The Morgan fingerprint density at radius 3 is 2.64 bits per heavy atom. The Balaban J connectivity index is 1.75. The summed E-state index contributed by atoms with van der Waals surface area (Å²) in [7, 11) is 0. The second kappa shape index (κ2) is 7.27. The number of aliphatic imine (C=N–C) groups is 1. The fourth-order valence-electron chi connectivity index (χ4n) is 3.13. The van der Waals surface area contributed by atoms with Crippen molar-refractivity contribution in [3.63, 3.8) is 0 Å². The van der Waals surface area contributed by atoms with E-state index in [2.05, 4.69) is 14.7 Å². The average Bonchev–Trinajstić information content (AvgIpc) is 3.20. The first-order valence-electron chi connectivity index (χ1n) is 8.38. The van der Waals surface area contributed by atoms with Crippen LogP contribution in [-0.4, -0.2) is 37.1 Å². The maximum Gasteiger partial charge on any atom is 0.283 e. The monoisotopic (exact) mass is 429 g/mol. The Bertz CT molecular complexity index is 1100. The molecule has 28 heavy (non-hydrogen) atoms. The molecule has 2 aliphatic rings. The van der Waals surface area contributed by atoms with Crippen LogP contribution >= 0.6 is 35.1 Å². The Labute approximate surface area is 175 Å². The Kier molecular flexibility index (Phi) is 4.95. The van der Waals surface area contributed by atoms with Crippen LogP contribution in [0.3, 0.4) is 0 Å². The number of hydrogen-bond donors (Lipinski definition) is 1. The number of amides is 1. The summed E-state index contributed by atoms with van der Waals surface area (Å²) in [6.07, 6.45) is 3.62. The maximum atomic E-state index is 12.5. The Morgan fingerprint density at radius 2 is 1.96 bits per heavy atom. The quantitative estimate of drug-likeness (QED) is 0.703. The largest absolute Gasteiger partial charge is 0.318 e. The maximum absolute atomic E-state index is 12.5. The van der Waals surface area contributed by atoms with Gasteiger partial charge in [-0.3, -0.25) is 10.2 Å². The van der Waals surface area contributed by atoms with Crippen LogP contribution in [0.5, 0.6) is 0 Å². The molecule has 2 aliphatic heterocycles. The zero-order chi connectivity index (χ0) is 20.0. The number of aryl methyl sites for hydroxylation is 1. The fourth-order valence-corrected chi connectivity index (χ4v) is 4.61. The lowest BCUT2D eigenvalue weighted by molar-refractivity contribution is -0.114. The smallest absolute Gasteiger partial charge is 0.283 e. The molecule has 1 N–H and O–H groups in total. The molecule has 0 aliphatic carbocycles. The van der Waals surface area contributed by atoms with Gasteiger partial charge in [-0.05, 0) is 73.8 Å². The van der Waals surface area contributed by atoms with Gasteiger partial charge in [0.15, 0.2) is 10.2 Å². The molecule has 2 aromatic rings. The molecule has 0 spiro atoms. The highest BCUT2D eigenvalue weighted by molar-refractivity contribution is 8.45. The lowest BCUT2D eigenvalue weighted by Gasteiger charge is -2.20. The second-order valence-electron chi connectivity index (χ2n) is 6.23. The number of amidine groups is 2. The van der Waals surface area contributed by atoms with E-state index in [-0.39, 0.29) is 11.4 Å². The molecule has 142 valence electrons. The molecule has 0 saturated carbocycles. The summed E-state index contributed by atoms with van der Waals surface area (Å²) in [6.45, 7) is 3.98. The number of halogens is 1.